The Morgan fingerprint density at radius 1 is 1.10 bits per heavy atom. The Hall–Kier alpha value is -3.26. The molecule has 0 saturated carbocycles. The fraction of sp³-hybridized carbons (Fsp3) is 0.273. The van der Waals surface area contributed by atoms with Crippen molar-refractivity contribution in [3.63, 3.8) is 0 Å². The van der Waals surface area contributed by atoms with E-state index in [1.165, 1.54) is 11.3 Å². The Balaban J connectivity index is 1.76. The third-order valence-corrected chi connectivity index (χ3v) is 5.92. The highest BCUT2D eigenvalue weighted by Crippen LogP contribution is 2.28. The molecule has 2 aromatic carbocycles. The van der Waals surface area contributed by atoms with E-state index in [1.807, 2.05) is 36.6 Å². The summed E-state index contributed by atoms with van der Waals surface area (Å²) in [7, 11) is 0. The van der Waals surface area contributed by atoms with Gasteiger partial charge in [-0.15, -0.1) is 0 Å². The molecule has 0 aliphatic carbocycles. The molecule has 30 heavy (non-hydrogen) atoms. The molecule has 8 heteroatoms. The largest absolute Gasteiger partial charge is 0.492 e. The Morgan fingerprint density at radius 2 is 1.83 bits per heavy atom. The number of aryl methyl sites for hydroxylation is 1. The minimum absolute atomic E-state index is 0.196. The number of nitrogens with zero attached hydrogens (tertiary/aromatic N) is 3. The molecule has 154 valence electrons. The Bertz CT molecular complexity index is 1210. The van der Waals surface area contributed by atoms with Crippen molar-refractivity contribution in [2.75, 3.05) is 11.5 Å². The number of hydrogen-bond donors (Lipinski definition) is 0. The molecule has 0 spiro atoms. The minimum Gasteiger partial charge on any atom is -0.492 e. The van der Waals surface area contributed by atoms with E-state index in [2.05, 4.69) is 4.99 Å². The monoisotopic (exact) mass is 423 g/mol. The molecular formula is C22H21N3O4S. The second-order valence-electron chi connectivity index (χ2n) is 6.75. The first-order valence-electron chi connectivity index (χ1n) is 9.83. The number of rotatable bonds is 5. The summed E-state index contributed by atoms with van der Waals surface area (Å²) in [6.07, 6.45) is 0.393. The lowest BCUT2D eigenvalue weighted by Gasteiger charge is -2.14. The number of thiazole rings is 1. The first-order valence-corrected chi connectivity index (χ1v) is 10.6. The second-order valence-corrected chi connectivity index (χ2v) is 7.76. The van der Waals surface area contributed by atoms with Crippen LogP contribution in [-0.2, 0) is 16.1 Å². The minimum atomic E-state index is -0.428. The molecule has 0 radical (unpaired) electrons. The van der Waals surface area contributed by atoms with Crippen LogP contribution in [-0.4, -0.2) is 28.9 Å². The molecule has 3 amide bonds. The van der Waals surface area contributed by atoms with Crippen LogP contribution in [0.15, 0.2) is 47.5 Å². The topological polar surface area (TPSA) is 81.0 Å². The van der Waals surface area contributed by atoms with Crippen LogP contribution in [0.5, 0.6) is 5.75 Å². The summed E-state index contributed by atoms with van der Waals surface area (Å²) in [5.74, 6) is -0.172. The lowest BCUT2D eigenvalue weighted by Crippen LogP contribution is -2.28. The lowest BCUT2D eigenvalue weighted by molar-refractivity contribution is -0.121. The van der Waals surface area contributed by atoms with Crippen LogP contribution in [0.1, 0.15) is 37.0 Å². The van der Waals surface area contributed by atoms with Crippen molar-refractivity contribution >= 4 is 45.0 Å². The number of aromatic nitrogens is 1. The molecule has 0 N–H and O–H groups in total. The molecule has 7 nitrogen and oxygen atoms in total. The smallest absolute Gasteiger partial charge is 0.279 e. The Labute approximate surface area is 177 Å². The molecule has 4 rings (SSSR count). The lowest BCUT2D eigenvalue weighted by atomic mass is 10.2. The highest BCUT2D eigenvalue weighted by Gasteiger charge is 2.30. The number of carbonyl (C=O) groups is 3. The summed E-state index contributed by atoms with van der Waals surface area (Å²) in [4.78, 5) is 43.0. The summed E-state index contributed by atoms with van der Waals surface area (Å²) in [5.41, 5.74) is 1.65. The van der Waals surface area contributed by atoms with Crippen LogP contribution in [0.2, 0.25) is 0 Å². The summed E-state index contributed by atoms with van der Waals surface area (Å²) in [6, 6.07) is 12.3. The van der Waals surface area contributed by atoms with Crippen molar-refractivity contribution in [2.24, 2.45) is 4.99 Å². The van der Waals surface area contributed by atoms with Crippen molar-refractivity contribution in [1.82, 2.24) is 4.57 Å². The van der Waals surface area contributed by atoms with Gasteiger partial charge in [0.25, 0.3) is 5.91 Å². The van der Waals surface area contributed by atoms with E-state index in [9.17, 15) is 14.4 Å². The molecule has 2 heterocycles. The molecule has 0 bridgehead atoms. The Kier molecular flexibility index (Phi) is 5.50. The summed E-state index contributed by atoms with van der Waals surface area (Å²) >= 11 is 1.42. The normalized spacial score (nSPS) is 14.7. The molecule has 1 fully saturated rings. The van der Waals surface area contributed by atoms with Gasteiger partial charge < -0.3 is 9.30 Å². The van der Waals surface area contributed by atoms with E-state index in [0.717, 1.165) is 20.9 Å². The fourth-order valence-corrected chi connectivity index (χ4v) is 4.65. The molecule has 0 unspecified atom stereocenters. The maximum Gasteiger partial charge on any atom is 0.279 e. The van der Waals surface area contributed by atoms with E-state index in [1.54, 1.807) is 24.3 Å². The number of hydrogen-bond acceptors (Lipinski definition) is 5. The molecule has 1 aromatic heterocycles. The van der Waals surface area contributed by atoms with E-state index in [-0.39, 0.29) is 24.7 Å². The summed E-state index contributed by atoms with van der Waals surface area (Å²) in [6.45, 7) is 5.10. The quantitative estimate of drug-likeness (QED) is 0.588. The van der Waals surface area contributed by atoms with Gasteiger partial charge in [0.2, 0.25) is 11.8 Å². The molecule has 1 saturated heterocycles. The van der Waals surface area contributed by atoms with Gasteiger partial charge in [-0.1, -0.05) is 23.5 Å². The van der Waals surface area contributed by atoms with Crippen LogP contribution in [0.3, 0.4) is 0 Å². The van der Waals surface area contributed by atoms with Gasteiger partial charge in [0, 0.05) is 24.9 Å². The van der Waals surface area contributed by atoms with Crippen LogP contribution in [0.25, 0.3) is 10.2 Å². The standard InChI is InChI=1S/C22H21N3O4S/c1-3-24-20-16(29-4-2)9-6-10-17(20)30-22(24)23-21(28)14-7-5-8-15(13-14)25-18(26)11-12-19(25)27/h5-10,13H,3-4,11-12H2,1-2H3. The average molecular weight is 423 g/mol. The van der Waals surface area contributed by atoms with Gasteiger partial charge in [0.05, 0.1) is 17.0 Å². The van der Waals surface area contributed by atoms with Crippen LogP contribution < -0.4 is 14.4 Å². The number of amides is 3. The second kappa shape index (κ2) is 8.23. The highest BCUT2D eigenvalue weighted by molar-refractivity contribution is 7.16. The van der Waals surface area contributed by atoms with Gasteiger partial charge >= 0.3 is 0 Å². The number of fused-ring (bicyclic) bond motifs is 1. The van der Waals surface area contributed by atoms with Crippen LogP contribution in [0, 0.1) is 0 Å². The number of carbonyl (C=O) groups excluding carboxylic acids is 3. The van der Waals surface area contributed by atoms with Crippen molar-refractivity contribution in [3.8, 4) is 5.75 Å². The maximum atomic E-state index is 12.9. The molecule has 3 aromatic rings. The van der Waals surface area contributed by atoms with Gasteiger partial charge in [-0.2, -0.15) is 4.99 Å². The van der Waals surface area contributed by atoms with Crippen molar-refractivity contribution < 1.29 is 19.1 Å². The van der Waals surface area contributed by atoms with Gasteiger partial charge in [0.1, 0.15) is 11.3 Å². The van der Waals surface area contributed by atoms with Crippen LogP contribution in [0.4, 0.5) is 5.69 Å². The maximum absolute atomic E-state index is 12.9. The summed E-state index contributed by atoms with van der Waals surface area (Å²) < 4.78 is 8.69. The number of benzene rings is 2. The number of imide groups is 1. The van der Waals surface area contributed by atoms with Crippen molar-refractivity contribution in [1.29, 1.82) is 0 Å². The van der Waals surface area contributed by atoms with E-state index >= 15 is 0 Å². The van der Waals surface area contributed by atoms with Gasteiger partial charge in [-0.05, 0) is 44.2 Å². The number of para-hydroxylation sites is 1. The van der Waals surface area contributed by atoms with E-state index in [4.69, 9.17) is 4.74 Å². The van der Waals surface area contributed by atoms with E-state index < -0.39 is 5.91 Å². The molecule has 1 aliphatic heterocycles. The van der Waals surface area contributed by atoms with Crippen molar-refractivity contribution in [3.05, 3.63) is 52.8 Å². The zero-order valence-corrected chi connectivity index (χ0v) is 17.6. The zero-order valence-electron chi connectivity index (χ0n) is 16.8. The SMILES string of the molecule is CCOc1cccc2sc(=NC(=O)c3cccc(N4C(=O)CCC4=O)c3)n(CC)c12. The predicted molar refractivity (Wildman–Crippen MR) is 115 cm³/mol. The zero-order chi connectivity index (χ0) is 21.3. The van der Waals surface area contributed by atoms with Gasteiger partial charge in [-0.25, -0.2) is 0 Å². The first-order chi connectivity index (χ1) is 14.5. The first kappa shape index (κ1) is 20.0. The predicted octanol–water partition coefficient (Wildman–Crippen LogP) is 3.52. The number of ether oxygens (including phenoxy) is 1. The van der Waals surface area contributed by atoms with Gasteiger partial charge in [-0.3, -0.25) is 19.3 Å². The summed E-state index contributed by atoms with van der Waals surface area (Å²) in [5, 5.41) is 0. The average Bonchev–Trinajstić information content (AvgIpc) is 3.27. The molecule has 1 aliphatic rings. The van der Waals surface area contributed by atoms with Gasteiger partial charge in [0.15, 0.2) is 4.80 Å². The van der Waals surface area contributed by atoms with Crippen molar-refractivity contribution in [2.45, 2.75) is 33.2 Å². The molecular weight excluding hydrogens is 402 g/mol. The number of anilines is 1. The molecule has 0 atom stereocenters. The third-order valence-electron chi connectivity index (χ3n) is 4.88. The van der Waals surface area contributed by atoms with Crippen LogP contribution >= 0.6 is 11.3 Å². The fourth-order valence-electron chi connectivity index (χ4n) is 3.54. The van der Waals surface area contributed by atoms with E-state index in [0.29, 0.717) is 29.2 Å². The Morgan fingerprint density at radius 3 is 2.53 bits per heavy atom. The third kappa shape index (κ3) is 3.54. The highest BCUT2D eigenvalue weighted by atomic mass is 32.1.